The summed E-state index contributed by atoms with van der Waals surface area (Å²) >= 11 is 0. The topological polar surface area (TPSA) is 38.8 Å². The predicted molar refractivity (Wildman–Crippen MR) is 71.3 cm³/mol. The lowest BCUT2D eigenvalue weighted by Gasteiger charge is -2.14. The third-order valence-electron chi connectivity index (χ3n) is 2.72. The van der Waals surface area contributed by atoms with E-state index in [0.717, 1.165) is 23.4 Å². The number of hydrogen-bond acceptors (Lipinski definition) is 4. The first-order valence-corrected chi connectivity index (χ1v) is 5.92. The zero-order chi connectivity index (χ0) is 13.7. The minimum Gasteiger partial charge on any atom is -0.492 e. The molecule has 4 heteroatoms. The van der Waals surface area contributed by atoms with Gasteiger partial charge in [0, 0.05) is 6.54 Å². The summed E-state index contributed by atoms with van der Waals surface area (Å²) in [6.45, 7) is 5.29. The Hall–Kier alpha value is -1.55. The number of carbonyl (C=O) groups is 1. The molecule has 0 spiro atoms. The van der Waals surface area contributed by atoms with Crippen LogP contribution in [0, 0.1) is 13.8 Å². The van der Waals surface area contributed by atoms with Crippen LogP contribution in [0.2, 0.25) is 0 Å². The van der Waals surface area contributed by atoms with Crippen molar-refractivity contribution in [2.75, 3.05) is 34.4 Å². The van der Waals surface area contributed by atoms with E-state index in [0.29, 0.717) is 12.2 Å². The van der Waals surface area contributed by atoms with Gasteiger partial charge in [-0.2, -0.15) is 0 Å². The fourth-order valence-corrected chi connectivity index (χ4v) is 1.66. The number of likely N-dealkylation sites (N-methyl/N-ethyl adjacent to an activating group) is 1. The highest BCUT2D eigenvalue weighted by Crippen LogP contribution is 2.23. The van der Waals surface area contributed by atoms with Crippen molar-refractivity contribution in [1.29, 1.82) is 0 Å². The second kappa shape index (κ2) is 6.40. The molecule has 1 aromatic rings. The Morgan fingerprint density at radius 2 is 1.89 bits per heavy atom. The molecule has 0 aliphatic rings. The first-order valence-electron chi connectivity index (χ1n) is 5.92. The lowest BCUT2D eigenvalue weighted by molar-refractivity contribution is 0.0599. The van der Waals surface area contributed by atoms with Gasteiger partial charge in [0.1, 0.15) is 12.4 Å². The molecule has 0 N–H and O–H groups in total. The van der Waals surface area contributed by atoms with Crippen LogP contribution in [-0.2, 0) is 4.74 Å². The highest BCUT2D eigenvalue weighted by Gasteiger charge is 2.12. The van der Waals surface area contributed by atoms with Crippen LogP contribution in [-0.4, -0.2) is 45.2 Å². The molecule has 18 heavy (non-hydrogen) atoms. The minimum atomic E-state index is -0.329. The van der Waals surface area contributed by atoms with E-state index in [1.54, 1.807) is 6.07 Å². The highest BCUT2D eigenvalue weighted by atomic mass is 16.5. The molecule has 0 saturated carbocycles. The Labute approximate surface area is 108 Å². The van der Waals surface area contributed by atoms with Crippen LogP contribution in [0.1, 0.15) is 21.5 Å². The van der Waals surface area contributed by atoms with Crippen LogP contribution < -0.4 is 4.74 Å². The Bertz CT molecular complexity index is 427. The number of aryl methyl sites for hydroxylation is 2. The quantitative estimate of drug-likeness (QED) is 0.751. The second-order valence-corrected chi connectivity index (χ2v) is 4.58. The Kier molecular flexibility index (Phi) is 5.16. The van der Waals surface area contributed by atoms with Gasteiger partial charge in [-0.1, -0.05) is 6.07 Å². The Balaban J connectivity index is 2.88. The summed E-state index contributed by atoms with van der Waals surface area (Å²) in [4.78, 5) is 13.6. The van der Waals surface area contributed by atoms with Crippen LogP contribution in [0.25, 0.3) is 0 Å². The van der Waals surface area contributed by atoms with Gasteiger partial charge >= 0.3 is 5.97 Å². The molecule has 0 heterocycles. The van der Waals surface area contributed by atoms with Gasteiger partial charge < -0.3 is 14.4 Å². The number of carbonyl (C=O) groups excluding carboxylic acids is 1. The summed E-state index contributed by atoms with van der Waals surface area (Å²) in [6, 6.07) is 3.70. The number of benzene rings is 1. The van der Waals surface area contributed by atoms with Crippen molar-refractivity contribution >= 4 is 5.97 Å². The van der Waals surface area contributed by atoms with Gasteiger partial charge in [-0.3, -0.25) is 0 Å². The van der Waals surface area contributed by atoms with E-state index in [9.17, 15) is 4.79 Å². The third kappa shape index (κ3) is 3.74. The molecule has 0 unspecified atom stereocenters. The van der Waals surface area contributed by atoms with Crippen molar-refractivity contribution in [1.82, 2.24) is 4.90 Å². The summed E-state index contributed by atoms with van der Waals surface area (Å²) < 4.78 is 10.4. The van der Waals surface area contributed by atoms with Crippen molar-refractivity contribution in [3.63, 3.8) is 0 Å². The maximum absolute atomic E-state index is 11.6. The molecule has 0 amide bonds. The third-order valence-corrected chi connectivity index (χ3v) is 2.72. The van der Waals surface area contributed by atoms with Crippen LogP contribution in [0.3, 0.4) is 0 Å². The van der Waals surface area contributed by atoms with Gasteiger partial charge in [0.2, 0.25) is 0 Å². The average molecular weight is 251 g/mol. The van der Waals surface area contributed by atoms with Crippen molar-refractivity contribution in [2.24, 2.45) is 0 Å². The van der Waals surface area contributed by atoms with Crippen LogP contribution in [0.5, 0.6) is 5.75 Å². The van der Waals surface area contributed by atoms with Crippen LogP contribution in [0.15, 0.2) is 12.1 Å². The van der Waals surface area contributed by atoms with Crippen molar-refractivity contribution in [2.45, 2.75) is 13.8 Å². The van der Waals surface area contributed by atoms with Gasteiger partial charge in [0.25, 0.3) is 0 Å². The standard InChI is InChI=1S/C14H21NO3/c1-10-8-11(2)13(18-7-6-15(3)4)9-12(10)14(16)17-5/h8-9H,6-7H2,1-5H3. The minimum absolute atomic E-state index is 0.329. The average Bonchev–Trinajstić information content (AvgIpc) is 2.30. The molecule has 100 valence electrons. The number of ether oxygens (including phenoxy) is 2. The molecule has 0 aliphatic heterocycles. The molecule has 0 radical (unpaired) electrons. The summed E-state index contributed by atoms with van der Waals surface area (Å²) in [5.41, 5.74) is 2.49. The molecular formula is C14H21NO3. The monoisotopic (exact) mass is 251 g/mol. The fraction of sp³-hybridized carbons (Fsp3) is 0.500. The van der Waals surface area contributed by atoms with Crippen molar-refractivity contribution in [3.05, 3.63) is 28.8 Å². The SMILES string of the molecule is COC(=O)c1cc(OCCN(C)C)c(C)cc1C. The zero-order valence-corrected chi connectivity index (χ0v) is 11.7. The predicted octanol–water partition coefficient (Wildman–Crippen LogP) is 2.03. The molecule has 0 aliphatic carbocycles. The maximum Gasteiger partial charge on any atom is 0.338 e. The molecule has 0 bridgehead atoms. The highest BCUT2D eigenvalue weighted by molar-refractivity contribution is 5.91. The number of methoxy groups -OCH3 is 1. The maximum atomic E-state index is 11.6. The molecule has 0 saturated heterocycles. The first-order chi connectivity index (χ1) is 8.45. The summed E-state index contributed by atoms with van der Waals surface area (Å²) in [6.07, 6.45) is 0. The summed E-state index contributed by atoms with van der Waals surface area (Å²) in [5, 5.41) is 0. The lowest BCUT2D eigenvalue weighted by Crippen LogP contribution is -2.19. The van der Waals surface area contributed by atoms with Crippen LogP contribution in [0.4, 0.5) is 0 Å². The van der Waals surface area contributed by atoms with E-state index in [4.69, 9.17) is 9.47 Å². The molecule has 0 aromatic heterocycles. The van der Waals surface area contributed by atoms with E-state index >= 15 is 0 Å². The molecular weight excluding hydrogens is 230 g/mol. The number of rotatable bonds is 5. The van der Waals surface area contributed by atoms with Gasteiger partial charge in [0.15, 0.2) is 0 Å². The van der Waals surface area contributed by atoms with E-state index in [1.165, 1.54) is 7.11 Å². The largest absolute Gasteiger partial charge is 0.492 e. The number of esters is 1. The fourth-order valence-electron chi connectivity index (χ4n) is 1.66. The second-order valence-electron chi connectivity index (χ2n) is 4.58. The van der Waals surface area contributed by atoms with Crippen molar-refractivity contribution < 1.29 is 14.3 Å². The number of hydrogen-bond donors (Lipinski definition) is 0. The van der Waals surface area contributed by atoms with Gasteiger partial charge in [0.05, 0.1) is 12.7 Å². The van der Waals surface area contributed by atoms with Crippen molar-refractivity contribution in [3.8, 4) is 5.75 Å². The van der Waals surface area contributed by atoms with Crippen LogP contribution >= 0.6 is 0 Å². The lowest BCUT2D eigenvalue weighted by atomic mass is 10.0. The van der Waals surface area contributed by atoms with Gasteiger partial charge in [-0.25, -0.2) is 4.79 Å². The van der Waals surface area contributed by atoms with Gasteiger partial charge in [-0.15, -0.1) is 0 Å². The molecule has 0 atom stereocenters. The summed E-state index contributed by atoms with van der Waals surface area (Å²) in [7, 11) is 5.37. The molecule has 0 fully saturated rings. The van der Waals surface area contributed by atoms with E-state index in [-0.39, 0.29) is 5.97 Å². The Morgan fingerprint density at radius 1 is 1.22 bits per heavy atom. The molecule has 1 aromatic carbocycles. The molecule has 1 rings (SSSR count). The van der Waals surface area contributed by atoms with Gasteiger partial charge in [-0.05, 0) is 45.1 Å². The molecule has 4 nitrogen and oxygen atoms in total. The number of nitrogens with zero attached hydrogens (tertiary/aromatic N) is 1. The van der Waals surface area contributed by atoms with E-state index in [2.05, 4.69) is 0 Å². The van der Waals surface area contributed by atoms with E-state index < -0.39 is 0 Å². The van der Waals surface area contributed by atoms with E-state index in [1.807, 2.05) is 38.9 Å². The zero-order valence-electron chi connectivity index (χ0n) is 11.7. The normalized spacial score (nSPS) is 10.6. The Morgan fingerprint density at radius 3 is 2.44 bits per heavy atom. The summed E-state index contributed by atoms with van der Waals surface area (Å²) in [5.74, 6) is 0.410. The smallest absolute Gasteiger partial charge is 0.338 e. The first kappa shape index (κ1) is 14.5.